The van der Waals surface area contributed by atoms with Crippen LogP contribution in [-0.4, -0.2) is 73.0 Å². The fourth-order valence-electron chi connectivity index (χ4n) is 0.898. The van der Waals surface area contributed by atoms with Crippen LogP contribution in [0.3, 0.4) is 0 Å². The van der Waals surface area contributed by atoms with Crippen molar-refractivity contribution in [2.75, 3.05) is 0 Å². The van der Waals surface area contributed by atoms with Gasteiger partial charge in [0, 0.05) is 73.0 Å². The van der Waals surface area contributed by atoms with Crippen LogP contribution >= 0.6 is 0 Å². The Bertz CT molecular complexity index is 89.0. The van der Waals surface area contributed by atoms with Crippen molar-refractivity contribution in [3.05, 3.63) is 0 Å². The minimum Gasteiger partial charge on any atom is -0.146 e. The Morgan fingerprint density at radius 2 is 1.27 bits per heavy atom. The monoisotopic (exact) mass is 123 g/mol. The SMILES string of the molecule is [B][B]B([B])C(B([B])[B])B([B])[B]. The molecule has 0 unspecified atom stereocenters. The average molecular weight is 121 g/mol. The highest BCUT2D eigenvalue weighted by molar-refractivity contribution is 7.58. The third kappa shape index (κ3) is 3.71. The number of hydrogen-bond acceptors (Lipinski definition) is 0. The lowest BCUT2D eigenvalue weighted by Gasteiger charge is -2.28. The van der Waals surface area contributed by atoms with Gasteiger partial charge in [-0.25, -0.2) is 0 Å². The summed E-state index contributed by atoms with van der Waals surface area (Å²) in [5.41, 5.74) is -0.389. The Kier molecular flexibility index (Phi) is 5.64. The third-order valence-corrected chi connectivity index (χ3v) is 1.56. The Hall–Kier alpha value is 0.649. The summed E-state index contributed by atoms with van der Waals surface area (Å²) in [6, 6.07) is 0. The summed E-state index contributed by atoms with van der Waals surface area (Å²) in [5.74, 6) is 0. The predicted molar refractivity (Wildman–Crippen MR) is 61.3 cm³/mol. The highest BCUT2D eigenvalue weighted by Gasteiger charge is 2.24. The van der Waals surface area contributed by atoms with Crippen LogP contribution < -0.4 is 0 Å². The topological polar surface area (TPSA) is 0 Å². The number of hydrogen-bond donors (Lipinski definition) is 0. The van der Waals surface area contributed by atoms with E-state index >= 15 is 0 Å². The quantitative estimate of drug-likeness (QED) is 0.339. The van der Waals surface area contributed by atoms with E-state index in [1.54, 1.807) is 0 Å². The molecule has 10 heteroatoms. The molecule has 0 N–H and O–H groups in total. The largest absolute Gasteiger partial charge is 0.146 e. The fraction of sp³-hybridized carbons (Fsp3) is 1.00. The van der Waals surface area contributed by atoms with Crippen molar-refractivity contribution in [1.82, 2.24) is 0 Å². The highest BCUT2D eigenvalue weighted by Crippen LogP contribution is 2.08. The second-order valence-corrected chi connectivity index (χ2v) is 2.50. The molecule has 0 aromatic rings. The molecular formula is CHB10. The lowest BCUT2D eigenvalue weighted by atomic mass is 8.81. The summed E-state index contributed by atoms with van der Waals surface area (Å²) >= 11 is 0. The molecule has 0 spiro atoms. The maximum Gasteiger partial charge on any atom is 0.0295 e. The van der Waals surface area contributed by atoms with Crippen LogP contribution in [0, 0.1) is 0 Å². The summed E-state index contributed by atoms with van der Waals surface area (Å²) in [6.07, 6.45) is 0. The van der Waals surface area contributed by atoms with Crippen LogP contribution in [0.1, 0.15) is 0 Å². The molecule has 0 saturated heterocycles. The van der Waals surface area contributed by atoms with E-state index in [4.69, 9.17) is 46.4 Å². The van der Waals surface area contributed by atoms with Gasteiger partial charge in [0.25, 0.3) is 0 Å². The van der Waals surface area contributed by atoms with Crippen LogP contribution in [0.4, 0.5) is 0 Å². The van der Waals surface area contributed by atoms with Crippen LogP contribution in [0.15, 0.2) is 0 Å². The van der Waals surface area contributed by atoms with E-state index in [-0.39, 0.29) is 5.62 Å². The predicted octanol–water partition coefficient (Wildman–Crippen LogP) is -3.47. The van der Waals surface area contributed by atoms with E-state index in [1.807, 2.05) is 0 Å². The van der Waals surface area contributed by atoms with E-state index in [1.165, 1.54) is 7.06 Å². The minimum absolute atomic E-state index is 0.389. The minimum atomic E-state index is -0.648. The normalized spacial score (nSPS) is 9.18. The lowest BCUT2D eigenvalue weighted by molar-refractivity contribution is 1.82. The van der Waals surface area contributed by atoms with Gasteiger partial charge in [0.15, 0.2) is 0 Å². The van der Waals surface area contributed by atoms with Gasteiger partial charge in [0.2, 0.25) is 0 Å². The molecule has 0 fully saturated rings. The van der Waals surface area contributed by atoms with Crippen molar-refractivity contribution in [3.8, 4) is 0 Å². The Balaban J connectivity index is 4.09. The Morgan fingerprint density at radius 3 is 1.36 bits per heavy atom. The molecule has 0 aliphatic rings. The molecule has 0 saturated carbocycles. The first-order chi connectivity index (χ1) is 5.00. The molecule has 0 nitrogen and oxygen atoms in total. The van der Waals surface area contributed by atoms with E-state index < -0.39 is 19.5 Å². The zero-order valence-electron chi connectivity index (χ0n) is 6.35. The Morgan fingerprint density at radius 1 is 0.909 bits per heavy atom. The maximum absolute atomic E-state index is 5.52. The smallest absolute Gasteiger partial charge is 0.0295 e. The molecule has 0 amide bonds. The van der Waals surface area contributed by atoms with E-state index in [0.29, 0.717) is 0 Å². The molecule has 0 atom stereocenters. The van der Waals surface area contributed by atoms with Gasteiger partial charge in [0.05, 0.1) is 0 Å². The van der Waals surface area contributed by atoms with Crippen molar-refractivity contribution in [3.63, 3.8) is 0 Å². The molecule has 0 bridgehead atoms. The number of rotatable bonds is 4. The summed E-state index contributed by atoms with van der Waals surface area (Å²) in [6.45, 7) is -1.76. The molecule has 11 heavy (non-hydrogen) atoms. The van der Waals surface area contributed by atoms with Crippen molar-refractivity contribution < 1.29 is 0 Å². The standard InChI is InChI=1S/CHB10/c2-8-11(7)1(9(3)4)10(5)6/h1H. The van der Waals surface area contributed by atoms with Crippen molar-refractivity contribution in [2.45, 2.75) is 5.62 Å². The molecule has 0 aromatic carbocycles. The van der Waals surface area contributed by atoms with Crippen LogP contribution in [-0.2, 0) is 0 Å². The van der Waals surface area contributed by atoms with E-state index in [2.05, 4.69) is 0 Å². The summed E-state index contributed by atoms with van der Waals surface area (Å²) in [5, 5.41) is 0. The van der Waals surface area contributed by atoms with Gasteiger partial charge in [-0.05, 0) is 0 Å². The molecule has 35 valence electrons. The van der Waals surface area contributed by atoms with Gasteiger partial charge in [-0.2, -0.15) is 0 Å². The third-order valence-electron chi connectivity index (χ3n) is 1.56. The second kappa shape index (κ2) is 5.32. The maximum atomic E-state index is 5.52. The van der Waals surface area contributed by atoms with Gasteiger partial charge in [-0.3, -0.25) is 0 Å². The highest BCUT2D eigenvalue weighted by atomic mass is 13.5. The molecule has 0 heterocycles. The second-order valence-electron chi connectivity index (χ2n) is 2.50. The molecule has 13 radical (unpaired) electrons. The first-order valence-electron chi connectivity index (χ1n) is 3.33. The molecular weight excluding hydrogens is 120 g/mol. The molecule has 0 aliphatic heterocycles. The van der Waals surface area contributed by atoms with E-state index in [0.717, 1.165) is 0 Å². The lowest BCUT2D eigenvalue weighted by Crippen LogP contribution is -2.49. The van der Waals surface area contributed by atoms with Gasteiger partial charge in [-0.1, -0.05) is 0 Å². The first-order valence-corrected chi connectivity index (χ1v) is 3.33. The molecule has 0 rings (SSSR count). The van der Waals surface area contributed by atoms with Crippen LogP contribution in [0.5, 0.6) is 0 Å². The summed E-state index contributed by atoms with van der Waals surface area (Å²) in [7, 11) is 33.5. The van der Waals surface area contributed by atoms with Crippen molar-refractivity contribution in [2.24, 2.45) is 0 Å². The van der Waals surface area contributed by atoms with Crippen LogP contribution in [0.25, 0.3) is 0 Å². The Labute approximate surface area is 79.0 Å². The molecule has 0 aliphatic carbocycles. The van der Waals surface area contributed by atoms with E-state index in [9.17, 15) is 0 Å². The zero-order valence-corrected chi connectivity index (χ0v) is 6.35. The zero-order chi connectivity index (χ0) is 9.02. The van der Waals surface area contributed by atoms with Gasteiger partial charge >= 0.3 is 0 Å². The fourth-order valence-corrected chi connectivity index (χ4v) is 0.898. The average Bonchev–Trinajstić information content (AvgIpc) is 1.85. The first kappa shape index (κ1) is 11.6. The van der Waals surface area contributed by atoms with Gasteiger partial charge in [0.1, 0.15) is 0 Å². The van der Waals surface area contributed by atoms with Crippen molar-refractivity contribution in [1.29, 1.82) is 0 Å². The molecule has 0 aromatic heterocycles. The van der Waals surface area contributed by atoms with Crippen LogP contribution in [0.2, 0.25) is 5.62 Å². The summed E-state index contributed by atoms with van der Waals surface area (Å²) < 4.78 is 0. The van der Waals surface area contributed by atoms with Crippen molar-refractivity contribution >= 4 is 73.0 Å². The van der Waals surface area contributed by atoms with Gasteiger partial charge in [-0.15, -0.1) is 5.62 Å². The van der Waals surface area contributed by atoms with Gasteiger partial charge < -0.3 is 0 Å². The summed E-state index contributed by atoms with van der Waals surface area (Å²) in [4.78, 5) is 0.